The van der Waals surface area contributed by atoms with Gasteiger partial charge in [-0.15, -0.1) is 4.99 Å². The van der Waals surface area contributed by atoms with Crippen molar-refractivity contribution in [3.8, 4) is 0 Å². The number of likely N-dealkylation sites (N-methyl/N-ethyl adjacent to an activating group) is 1. The molecule has 17 nitrogen and oxygen atoms in total. The van der Waals surface area contributed by atoms with E-state index in [-0.39, 0.29) is 42.1 Å². The van der Waals surface area contributed by atoms with Crippen LogP contribution in [-0.4, -0.2) is 126 Å². The third-order valence-corrected chi connectivity index (χ3v) is 10.2. The van der Waals surface area contributed by atoms with Gasteiger partial charge in [-0.3, -0.25) is 19.7 Å². The van der Waals surface area contributed by atoms with Gasteiger partial charge in [0.25, 0.3) is 5.91 Å². The van der Waals surface area contributed by atoms with Crippen molar-refractivity contribution < 1.29 is 48.1 Å². The summed E-state index contributed by atoms with van der Waals surface area (Å²) in [5, 5.41) is 23.3. The molecule has 408 valence electrons. The van der Waals surface area contributed by atoms with Crippen LogP contribution in [0.4, 0.5) is 9.59 Å². The number of carbonyl (C=O) groups excluding carboxylic acids is 6. The fourth-order valence-electron chi connectivity index (χ4n) is 6.62. The summed E-state index contributed by atoms with van der Waals surface area (Å²) in [4.78, 5) is 76.7. The molecule has 1 aliphatic heterocycles. The van der Waals surface area contributed by atoms with E-state index in [2.05, 4.69) is 38.5 Å². The first kappa shape index (κ1) is 66.6. The molecule has 0 aromatic heterocycles. The van der Waals surface area contributed by atoms with Crippen LogP contribution in [0.25, 0.3) is 0 Å². The number of alkyl carbamates (subject to hydrolysis) is 1. The molecule has 1 saturated carbocycles. The van der Waals surface area contributed by atoms with E-state index in [9.17, 15) is 33.9 Å². The summed E-state index contributed by atoms with van der Waals surface area (Å²) in [5.74, 6) is -0.0229. The summed E-state index contributed by atoms with van der Waals surface area (Å²) in [5.41, 5.74) is 0.668. The highest BCUT2D eigenvalue weighted by atomic mass is 16.6. The molecule has 6 N–H and O–H groups in total. The van der Waals surface area contributed by atoms with Gasteiger partial charge in [-0.25, -0.2) is 9.59 Å². The van der Waals surface area contributed by atoms with Gasteiger partial charge in [-0.2, -0.15) is 0 Å². The highest BCUT2D eigenvalue weighted by Gasteiger charge is 2.31. The molecule has 2 fully saturated rings. The van der Waals surface area contributed by atoms with E-state index in [0.29, 0.717) is 25.2 Å². The summed E-state index contributed by atoms with van der Waals surface area (Å²) in [6, 6.07) is 19.1. The predicted molar refractivity (Wildman–Crippen MR) is 287 cm³/mol. The Balaban J connectivity index is 0.00000101. The van der Waals surface area contributed by atoms with Crippen molar-refractivity contribution in [3.05, 3.63) is 71.8 Å². The molecule has 5 amide bonds. The van der Waals surface area contributed by atoms with Gasteiger partial charge in [0.15, 0.2) is 0 Å². The van der Waals surface area contributed by atoms with Gasteiger partial charge < -0.3 is 50.3 Å². The molecule has 0 bridgehead atoms. The summed E-state index contributed by atoms with van der Waals surface area (Å²) < 4.78 is 16.2. The molecule has 72 heavy (non-hydrogen) atoms. The lowest BCUT2D eigenvalue weighted by Crippen LogP contribution is -2.53. The molecule has 0 radical (unpaired) electrons. The van der Waals surface area contributed by atoms with Crippen molar-refractivity contribution in [2.45, 2.75) is 202 Å². The Labute approximate surface area is 432 Å². The average molecular weight is 1010 g/mol. The molecule has 2 aliphatic rings. The number of nitrogens with zero attached hydrogens (tertiary/aromatic N) is 2. The lowest BCUT2D eigenvalue weighted by molar-refractivity contribution is -0.133. The second-order valence-electron chi connectivity index (χ2n) is 20.3. The number of ether oxygens (including phenoxy) is 3. The summed E-state index contributed by atoms with van der Waals surface area (Å²) >= 11 is 0. The van der Waals surface area contributed by atoms with Gasteiger partial charge in [0.2, 0.25) is 17.8 Å². The third-order valence-electron chi connectivity index (χ3n) is 10.2. The van der Waals surface area contributed by atoms with Crippen molar-refractivity contribution in [1.82, 2.24) is 31.5 Å². The number of nitrogens with one attached hydrogen (secondary N) is 5. The lowest BCUT2D eigenvalue weighted by atomic mass is 10.00. The number of piperidine rings is 1. The number of hydrogen-bond acceptors (Lipinski definition) is 11. The number of hydrogen-bond donors (Lipinski definition) is 6. The number of aldehydes is 1. The Morgan fingerprint density at radius 3 is 1.74 bits per heavy atom. The van der Waals surface area contributed by atoms with Crippen LogP contribution >= 0.6 is 0 Å². The number of aliphatic hydroxyl groups excluding tert-OH is 1. The van der Waals surface area contributed by atoms with Gasteiger partial charge >= 0.3 is 12.2 Å². The predicted octanol–water partition coefficient (Wildman–Crippen LogP) is 8.06. The zero-order chi connectivity index (χ0) is 55.1. The smallest absolute Gasteiger partial charge is 0.437 e. The van der Waals surface area contributed by atoms with Crippen LogP contribution in [0.1, 0.15) is 154 Å². The first-order valence-electron chi connectivity index (χ1n) is 25.8. The number of likely N-dealkylation sites (tertiary alicyclic amines) is 1. The number of benzene rings is 2. The van der Waals surface area contributed by atoms with Crippen molar-refractivity contribution in [3.63, 3.8) is 0 Å². The molecule has 4 atom stereocenters. The van der Waals surface area contributed by atoms with Gasteiger partial charge in [0.05, 0.1) is 24.3 Å². The van der Waals surface area contributed by atoms with Crippen molar-refractivity contribution in [2.24, 2.45) is 10.9 Å². The Bertz CT molecular complexity index is 1880. The molecule has 1 heterocycles. The number of guanidine groups is 1. The van der Waals surface area contributed by atoms with E-state index in [1.54, 1.807) is 48.6 Å². The van der Waals surface area contributed by atoms with Gasteiger partial charge in [0, 0.05) is 25.6 Å². The van der Waals surface area contributed by atoms with Crippen molar-refractivity contribution in [2.75, 3.05) is 26.7 Å². The van der Waals surface area contributed by atoms with Crippen LogP contribution in [0.2, 0.25) is 0 Å². The van der Waals surface area contributed by atoms with E-state index < -0.39 is 47.5 Å². The molecule has 4 rings (SSSR count). The molecule has 2 aromatic carbocycles. The number of rotatable bonds is 16. The Morgan fingerprint density at radius 1 is 0.764 bits per heavy atom. The van der Waals surface area contributed by atoms with E-state index >= 15 is 0 Å². The first-order chi connectivity index (χ1) is 33.8. The second-order valence-corrected chi connectivity index (χ2v) is 20.3. The van der Waals surface area contributed by atoms with Crippen LogP contribution in [0.15, 0.2) is 65.7 Å². The maximum atomic E-state index is 12.2. The number of amides is 5. The molecular weight excluding hydrogens is 919 g/mol. The molecule has 1 aliphatic carbocycles. The Morgan fingerprint density at radius 2 is 1.28 bits per heavy atom. The zero-order valence-electron chi connectivity index (χ0n) is 46.6. The highest BCUT2D eigenvalue weighted by Crippen LogP contribution is 2.19. The van der Waals surface area contributed by atoms with Crippen molar-refractivity contribution >= 4 is 42.2 Å². The monoisotopic (exact) mass is 1010 g/mol. The van der Waals surface area contributed by atoms with Crippen LogP contribution in [0.5, 0.6) is 0 Å². The number of carbonyl (C=O) groups is 6. The normalized spacial score (nSPS) is 15.4. The maximum absolute atomic E-state index is 12.2. The largest absolute Gasteiger partial charge is 0.444 e. The van der Waals surface area contributed by atoms with Crippen LogP contribution in [-0.2, 0) is 46.2 Å². The quantitative estimate of drug-likeness (QED) is 0.0534. The molecule has 1 saturated heterocycles. The Hall–Kier alpha value is -5.39. The minimum absolute atomic E-state index is 0.0750. The maximum Gasteiger partial charge on any atom is 0.437 e. The Kier molecular flexibility index (Phi) is 32.3. The molecule has 0 spiro atoms. The SMILES string of the molecule is CC.CC.CC1CCN(/C(=N\C(=O)OC(C)(C)C)NC(=O)OC(C)(C)C)CC1.CNC(C(=O)NCC(O)C(=O)NC1CC1)C(C)OC(C)(C)C.O=C[C@H](CCc1ccccc1)NC(=O)CCc1ccccc1. The standard InChI is InChI=1S/C19H21NO2.C17H31N3O4.C15H29N3O4.2C2H6/c21-15-18(13-11-16-7-3-1-4-8-16)20-19(22)14-12-17-9-5-2-6-10-17;1-12-8-10-20(11-9-12)13(18-14(21)23-16(2,3)4)19-15(22)24-17(5,6)7;1-9(22-15(2,3)4)12(16-5)14(21)17-8-11(19)13(20)18-10-6-7-10;2*1-2/h1-10,15,18H,11-14H2,(H,20,22);12H,8-11H2,1-7H3,(H,18,19,21,22);9-12,16,19H,6-8H2,1-5H3,(H,17,21)(H,18,20);2*1-2H3/t18-;;;;/m0..../s1. The minimum atomic E-state index is -1.24. The van der Waals surface area contributed by atoms with Crippen LogP contribution in [0.3, 0.4) is 0 Å². The van der Waals surface area contributed by atoms with E-state index in [1.807, 2.05) is 121 Å². The highest BCUT2D eigenvalue weighted by molar-refractivity contribution is 5.99. The van der Waals surface area contributed by atoms with Gasteiger partial charge in [-0.1, -0.05) is 95.3 Å². The third kappa shape index (κ3) is 32.6. The molecule has 2 aromatic rings. The first-order valence-corrected chi connectivity index (χ1v) is 25.8. The number of aryl methyl sites for hydroxylation is 2. The lowest BCUT2D eigenvalue weighted by Gasteiger charge is -2.32. The van der Waals surface area contributed by atoms with Crippen molar-refractivity contribution in [1.29, 1.82) is 0 Å². The van der Waals surface area contributed by atoms with Crippen LogP contribution in [0, 0.1) is 5.92 Å². The molecule has 3 unspecified atom stereocenters. The van der Waals surface area contributed by atoms with Gasteiger partial charge in [0.1, 0.15) is 29.6 Å². The zero-order valence-corrected chi connectivity index (χ0v) is 46.6. The second kappa shape index (κ2) is 34.9. The minimum Gasteiger partial charge on any atom is -0.444 e. The topological polar surface area (TPSA) is 226 Å². The molecular formula is C55H93N7O10. The summed E-state index contributed by atoms with van der Waals surface area (Å²) in [6.07, 6.45) is 4.24. The van der Waals surface area contributed by atoms with Crippen LogP contribution < -0.4 is 26.6 Å². The summed E-state index contributed by atoms with van der Waals surface area (Å²) in [7, 11) is 1.67. The van der Waals surface area contributed by atoms with E-state index in [1.165, 1.54) is 5.56 Å². The fraction of sp³-hybridized carbons (Fsp3) is 0.655. The van der Waals surface area contributed by atoms with E-state index in [0.717, 1.165) is 57.0 Å². The summed E-state index contributed by atoms with van der Waals surface area (Å²) in [6.45, 7) is 29.7. The molecule has 17 heteroatoms. The fourth-order valence-corrected chi connectivity index (χ4v) is 6.62. The number of aliphatic imine (C=N–C) groups is 1. The average Bonchev–Trinajstić information content (AvgIpc) is 4.14. The van der Waals surface area contributed by atoms with Gasteiger partial charge in [-0.05, 0) is 138 Å². The van der Waals surface area contributed by atoms with E-state index in [4.69, 9.17) is 14.2 Å². The number of aliphatic hydroxyl groups is 1.